The van der Waals surface area contributed by atoms with E-state index in [9.17, 15) is 37.8 Å². The molecule has 0 spiro atoms. The van der Waals surface area contributed by atoms with Crippen LogP contribution in [0.5, 0.6) is 0 Å². The van der Waals surface area contributed by atoms with Crippen LogP contribution in [0.15, 0.2) is 47.1 Å². The molecule has 5 aliphatic rings. The Labute approximate surface area is 276 Å². The van der Waals surface area contributed by atoms with Gasteiger partial charge in [0.1, 0.15) is 5.60 Å². The number of hydrogen-bond acceptors (Lipinski definition) is 4. The molecule has 7 nitrogen and oxygen atoms in total. The van der Waals surface area contributed by atoms with Gasteiger partial charge in [-0.1, -0.05) is 45.4 Å². The number of benzene rings is 1. The molecule has 2 N–H and O–H groups in total. The van der Waals surface area contributed by atoms with Gasteiger partial charge in [0.15, 0.2) is 5.78 Å². The van der Waals surface area contributed by atoms with E-state index in [-0.39, 0.29) is 56.5 Å². The number of carboxylic acid groups (broad SMARTS) is 1. The summed E-state index contributed by atoms with van der Waals surface area (Å²) in [5.41, 5.74) is -1.68. The van der Waals surface area contributed by atoms with Crippen LogP contribution in [0.3, 0.4) is 0 Å². The van der Waals surface area contributed by atoms with Gasteiger partial charge in [0.2, 0.25) is 0 Å². The molecule has 1 aliphatic heterocycles. The van der Waals surface area contributed by atoms with E-state index in [2.05, 4.69) is 0 Å². The van der Waals surface area contributed by atoms with Crippen molar-refractivity contribution in [2.24, 2.45) is 22.7 Å². The molecule has 48 heavy (non-hydrogen) atoms. The quantitative estimate of drug-likeness (QED) is 0.326. The molecule has 1 aromatic rings. The number of allylic oxidation sites excluding steroid dienone is 4. The van der Waals surface area contributed by atoms with Crippen molar-refractivity contribution in [3.05, 3.63) is 58.2 Å². The average Bonchev–Trinajstić information content (AvgIpc) is 3.30. The summed E-state index contributed by atoms with van der Waals surface area (Å²) >= 11 is 0. The number of fused-ring (bicyclic) bond motifs is 4. The highest BCUT2D eigenvalue weighted by atomic mass is 19.4. The molecule has 0 radical (unpaired) electrons. The third-order valence-electron chi connectivity index (χ3n) is 12.2. The Balaban J connectivity index is 1.37. The van der Waals surface area contributed by atoms with Crippen molar-refractivity contribution in [3.63, 3.8) is 0 Å². The highest BCUT2D eigenvalue weighted by Gasteiger charge is 2.79. The predicted molar refractivity (Wildman–Crippen MR) is 167 cm³/mol. The summed E-state index contributed by atoms with van der Waals surface area (Å²) in [6.45, 7) is 7.70. The maximum absolute atomic E-state index is 15.3. The molecule has 0 bridgehead atoms. The number of alkyl halides is 5. The lowest BCUT2D eigenvalue weighted by Crippen LogP contribution is -2.65. The number of halogens is 5. The first-order chi connectivity index (χ1) is 22.2. The smallest absolute Gasteiger partial charge is 0.456 e. The van der Waals surface area contributed by atoms with Gasteiger partial charge in [0.05, 0.1) is 6.04 Å². The van der Waals surface area contributed by atoms with Crippen molar-refractivity contribution in [1.82, 2.24) is 9.80 Å². The van der Waals surface area contributed by atoms with Gasteiger partial charge < -0.3 is 20.0 Å². The van der Waals surface area contributed by atoms with Crippen LogP contribution in [0.1, 0.15) is 94.5 Å². The minimum Gasteiger partial charge on any atom is -0.465 e. The van der Waals surface area contributed by atoms with Crippen molar-refractivity contribution in [2.75, 3.05) is 19.6 Å². The summed E-state index contributed by atoms with van der Waals surface area (Å²) in [7, 11) is 0. The molecule has 0 aromatic heterocycles. The minimum atomic E-state index is -5.93. The molecule has 2 amide bonds. The maximum atomic E-state index is 15.3. The molecular formula is C36H43F5N2O5. The Kier molecular flexibility index (Phi) is 8.20. The van der Waals surface area contributed by atoms with Crippen molar-refractivity contribution in [1.29, 1.82) is 0 Å². The van der Waals surface area contributed by atoms with Crippen LogP contribution in [-0.4, -0.2) is 81.2 Å². The van der Waals surface area contributed by atoms with Gasteiger partial charge in [-0.3, -0.25) is 9.59 Å². The normalized spacial score (nSPS) is 32.8. The van der Waals surface area contributed by atoms with E-state index in [1.165, 1.54) is 11.8 Å². The molecule has 1 unspecified atom stereocenters. The highest BCUT2D eigenvalue weighted by molar-refractivity contribution is 5.94. The molecule has 1 aromatic carbocycles. The first-order valence-corrected chi connectivity index (χ1v) is 16.7. The van der Waals surface area contributed by atoms with E-state index in [1.54, 1.807) is 35.2 Å². The fraction of sp³-hybridized carbons (Fsp3) is 0.639. The van der Waals surface area contributed by atoms with Crippen LogP contribution < -0.4 is 0 Å². The standard InChI is InChI=1S/C36H43F5N2O5/c1-32(2,3)28-19-42(15-16-43(28)31(46)47)30(45)21-7-5-20(6-8-21)26-18-33(4)27(13-14-34(33,48)35(37,38)36(39,40)41)25-11-9-22-17-23(44)10-12-24(22)29(25)26/h5-8,17,25-28,48H,9-16,18-19H2,1-4H3,(H,46,47)/t25-,26+,27-,28?,33-,34-/m0/s1. The zero-order valence-corrected chi connectivity index (χ0v) is 27.7. The lowest BCUT2D eigenvalue weighted by molar-refractivity contribution is -0.362. The number of aliphatic hydroxyl groups is 1. The number of ketones is 1. The van der Waals surface area contributed by atoms with Gasteiger partial charge in [-0.25, -0.2) is 4.79 Å². The molecule has 6 atom stereocenters. The third kappa shape index (κ3) is 5.19. The van der Waals surface area contributed by atoms with Crippen LogP contribution >= 0.6 is 0 Å². The second-order valence-corrected chi connectivity index (χ2v) is 15.7. The Morgan fingerprint density at radius 1 is 0.958 bits per heavy atom. The summed E-state index contributed by atoms with van der Waals surface area (Å²) in [6.07, 6.45) is -4.38. The van der Waals surface area contributed by atoms with Crippen LogP contribution in [-0.2, 0) is 4.79 Å². The highest BCUT2D eigenvalue weighted by Crippen LogP contribution is 2.70. The zero-order valence-electron chi connectivity index (χ0n) is 27.7. The molecule has 4 aliphatic carbocycles. The van der Waals surface area contributed by atoms with E-state index in [0.717, 1.165) is 16.7 Å². The second-order valence-electron chi connectivity index (χ2n) is 15.7. The van der Waals surface area contributed by atoms with E-state index in [1.807, 2.05) is 20.8 Å². The summed E-state index contributed by atoms with van der Waals surface area (Å²) < 4.78 is 72.2. The summed E-state index contributed by atoms with van der Waals surface area (Å²) in [5.74, 6) is -7.15. The van der Waals surface area contributed by atoms with Crippen molar-refractivity contribution in [2.45, 2.75) is 102 Å². The molecule has 2 saturated carbocycles. The number of nitrogens with zero attached hydrogens (tertiary/aromatic N) is 2. The largest absolute Gasteiger partial charge is 0.465 e. The fourth-order valence-corrected chi connectivity index (χ4v) is 9.69. The van der Waals surface area contributed by atoms with Gasteiger partial charge in [-0.15, -0.1) is 0 Å². The summed E-state index contributed by atoms with van der Waals surface area (Å²) in [5, 5.41) is 21.2. The Bertz CT molecular complexity index is 1580. The van der Waals surface area contributed by atoms with Gasteiger partial charge in [-0.05, 0) is 90.7 Å². The number of amides is 2. The van der Waals surface area contributed by atoms with E-state index >= 15 is 8.78 Å². The molecule has 1 saturated heterocycles. The molecule has 1 heterocycles. The summed E-state index contributed by atoms with van der Waals surface area (Å²) in [4.78, 5) is 40.8. The maximum Gasteiger partial charge on any atom is 0.456 e. The Morgan fingerprint density at radius 3 is 2.23 bits per heavy atom. The van der Waals surface area contributed by atoms with Crippen molar-refractivity contribution >= 4 is 17.8 Å². The van der Waals surface area contributed by atoms with E-state index < -0.39 is 58.9 Å². The second kappa shape index (κ2) is 11.4. The number of hydrogen-bond donors (Lipinski definition) is 2. The number of piperazine rings is 1. The molecule has 262 valence electrons. The monoisotopic (exact) mass is 678 g/mol. The lowest BCUT2D eigenvalue weighted by atomic mass is 9.50. The molecular weight excluding hydrogens is 635 g/mol. The Hall–Kier alpha value is -3.28. The van der Waals surface area contributed by atoms with Crippen molar-refractivity contribution in [3.8, 4) is 0 Å². The molecule has 6 rings (SSSR count). The first-order valence-electron chi connectivity index (χ1n) is 16.7. The number of rotatable bonds is 3. The van der Waals surface area contributed by atoms with E-state index in [0.29, 0.717) is 30.4 Å². The Morgan fingerprint density at radius 2 is 1.62 bits per heavy atom. The first kappa shape index (κ1) is 34.6. The predicted octanol–water partition coefficient (Wildman–Crippen LogP) is 7.37. The number of carbonyl (C=O) groups excluding carboxylic acids is 2. The average molecular weight is 679 g/mol. The van der Waals surface area contributed by atoms with E-state index in [4.69, 9.17) is 0 Å². The van der Waals surface area contributed by atoms with Crippen molar-refractivity contribution < 1.29 is 46.5 Å². The van der Waals surface area contributed by atoms with Crippen LogP contribution in [0.4, 0.5) is 26.7 Å². The zero-order chi connectivity index (χ0) is 35.2. The van der Waals surface area contributed by atoms with Gasteiger partial charge in [0.25, 0.3) is 5.91 Å². The van der Waals surface area contributed by atoms with Gasteiger partial charge >= 0.3 is 18.2 Å². The van der Waals surface area contributed by atoms with Gasteiger partial charge in [0, 0.05) is 43.0 Å². The third-order valence-corrected chi connectivity index (χ3v) is 12.2. The topological polar surface area (TPSA) is 98.2 Å². The molecule has 3 fully saturated rings. The van der Waals surface area contributed by atoms with Crippen LogP contribution in [0.2, 0.25) is 0 Å². The van der Waals surface area contributed by atoms with Gasteiger partial charge in [-0.2, -0.15) is 22.0 Å². The lowest BCUT2D eigenvalue weighted by Gasteiger charge is -2.56. The minimum absolute atomic E-state index is 0.00538. The number of carbonyl (C=O) groups is 3. The molecule has 12 heteroatoms. The fourth-order valence-electron chi connectivity index (χ4n) is 9.69. The summed E-state index contributed by atoms with van der Waals surface area (Å²) in [6, 6.07) is 6.24. The van der Waals surface area contributed by atoms with Crippen LogP contribution in [0, 0.1) is 22.7 Å². The van der Waals surface area contributed by atoms with Crippen LogP contribution in [0.25, 0.3) is 0 Å². The SMILES string of the molecule is CC(C)(C)C1CN(C(=O)c2ccc([C@H]3C[C@@]4(C)[C@@H](CC[C@@]4(O)C(F)(F)C(F)(F)F)[C@@H]4CCC5=CC(=O)CCC5=C43)cc2)CCN1C(=O)O.